The molecule has 0 aliphatic heterocycles. The van der Waals surface area contributed by atoms with Gasteiger partial charge in [-0.15, -0.1) is 0 Å². The molecule has 0 radical (unpaired) electrons. The maximum absolute atomic E-state index is 11.2. The fourth-order valence-corrected chi connectivity index (χ4v) is 1.51. The Morgan fingerprint density at radius 2 is 2.06 bits per heavy atom. The lowest BCUT2D eigenvalue weighted by atomic mass is 10.0. The van der Waals surface area contributed by atoms with E-state index >= 15 is 0 Å². The molecule has 1 atom stereocenters. The molecule has 1 amide bonds. The summed E-state index contributed by atoms with van der Waals surface area (Å²) in [7, 11) is 0. The predicted octanol–water partition coefficient (Wildman–Crippen LogP) is 1.07. The number of rotatable bonds is 6. The minimum Gasteiger partial charge on any atom is -0.368 e. The number of hydrogen-bond acceptors (Lipinski definition) is 3. The van der Waals surface area contributed by atoms with Crippen molar-refractivity contribution in [1.29, 1.82) is 0 Å². The van der Waals surface area contributed by atoms with Gasteiger partial charge in [0.05, 0.1) is 6.04 Å². The Hall–Kier alpha value is -1.42. The zero-order valence-electron chi connectivity index (χ0n) is 9.81. The van der Waals surface area contributed by atoms with Gasteiger partial charge < -0.3 is 11.1 Å². The minimum absolute atomic E-state index is 0.256. The number of hydrogen-bond donors (Lipinski definition) is 2. The molecule has 1 rings (SSSR count). The topological polar surface area (TPSA) is 68.0 Å². The van der Waals surface area contributed by atoms with Crippen LogP contribution < -0.4 is 11.1 Å². The molecule has 16 heavy (non-hydrogen) atoms. The van der Waals surface area contributed by atoms with Crippen LogP contribution in [0, 0.1) is 5.92 Å². The summed E-state index contributed by atoms with van der Waals surface area (Å²) in [5, 5.41) is 3.16. The van der Waals surface area contributed by atoms with Crippen LogP contribution >= 0.6 is 0 Å². The van der Waals surface area contributed by atoms with E-state index in [1.54, 1.807) is 12.4 Å². The van der Waals surface area contributed by atoms with Crippen LogP contribution in [0.15, 0.2) is 24.5 Å². The van der Waals surface area contributed by atoms with Crippen molar-refractivity contribution in [3.05, 3.63) is 30.1 Å². The first kappa shape index (κ1) is 12.6. The second-order valence-corrected chi connectivity index (χ2v) is 4.32. The lowest BCUT2D eigenvalue weighted by Gasteiger charge is -2.17. The Morgan fingerprint density at radius 3 is 2.56 bits per heavy atom. The molecule has 0 fully saturated rings. The lowest BCUT2D eigenvalue weighted by Crippen LogP contribution is -2.41. The van der Waals surface area contributed by atoms with Crippen molar-refractivity contribution in [2.24, 2.45) is 11.7 Å². The van der Waals surface area contributed by atoms with Gasteiger partial charge in [-0.3, -0.25) is 9.78 Å². The van der Waals surface area contributed by atoms with Crippen molar-refractivity contribution in [3.63, 3.8) is 0 Å². The van der Waals surface area contributed by atoms with Gasteiger partial charge >= 0.3 is 0 Å². The Kier molecular flexibility index (Phi) is 4.92. The molecule has 0 aromatic carbocycles. The highest BCUT2D eigenvalue weighted by atomic mass is 16.1. The van der Waals surface area contributed by atoms with Crippen LogP contribution in [0.2, 0.25) is 0 Å². The van der Waals surface area contributed by atoms with Crippen LogP contribution in [0.4, 0.5) is 0 Å². The number of pyridine rings is 1. The van der Waals surface area contributed by atoms with E-state index in [1.807, 2.05) is 12.1 Å². The van der Waals surface area contributed by atoms with Crippen LogP contribution in [0.5, 0.6) is 0 Å². The summed E-state index contributed by atoms with van der Waals surface area (Å²) in [6.45, 7) is 4.79. The highest BCUT2D eigenvalue weighted by molar-refractivity contribution is 5.79. The van der Waals surface area contributed by atoms with E-state index < -0.39 is 0 Å². The van der Waals surface area contributed by atoms with Crippen molar-refractivity contribution < 1.29 is 4.79 Å². The standard InChI is InChI=1S/C12H19N3O/c1-9(2)7-11(12(13)16)15-8-10-3-5-14-6-4-10/h3-6,9,11,15H,7-8H2,1-2H3,(H2,13,16)/t11-/m0/s1. The van der Waals surface area contributed by atoms with E-state index in [9.17, 15) is 4.79 Å². The Bertz CT molecular complexity index is 324. The largest absolute Gasteiger partial charge is 0.368 e. The normalized spacial score (nSPS) is 12.7. The summed E-state index contributed by atoms with van der Waals surface area (Å²) in [5.41, 5.74) is 6.44. The molecule has 1 heterocycles. The van der Waals surface area contributed by atoms with Crippen LogP contribution in [0.3, 0.4) is 0 Å². The fourth-order valence-electron chi connectivity index (χ4n) is 1.51. The minimum atomic E-state index is -0.289. The smallest absolute Gasteiger partial charge is 0.234 e. The molecule has 1 aromatic rings. The highest BCUT2D eigenvalue weighted by Crippen LogP contribution is 2.05. The molecule has 0 saturated carbocycles. The molecule has 0 aliphatic rings. The summed E-state index contributed by atoms with van der Waals surface area (Å²) in [6, 6.07) is 3.58. The van der Waals surface area contributed by atoms with Gasteiger partial charge in [0.2, 0.25) is 5.91 Å². The molecule has 0 spiro atoms. The zero-order chi connectivity index (χ0) is 12.0. The summed E-state index contributed by atoms with van der Waals surface area (Å²) >= 11 is 0. The van der Waals surface area contributed by atoms with E-state index in [2.05, 4.69) is 24.1 Å². The van der Waals surface area contributed by atoms with Crippen LogP contribution in [-0.2, 0) is 11.3 Å². The van der Waals surface area contributed by atoms with Gasteiger partial charge in [0.1, 0.15) is 0 Å². The number of aromatic nitrogens is 1. The van der Waals surface area contributed by atoms with Crippen molar-refractivity contribution in [2.45, 2.75) is 32.9 Å². The van der Waals surface area contributed by atoms with E-state index in [0.29, 0.717) is 12.5 Å². The summed E-state index contributed by atoms with van der Waals surface area (Å²) in [6.07, 6.45) is 4.23. The van der Waals surface area contributed by atoms with Gasteiger partial charge in [-0.25, -0.2) is 0 Å². The molecule has 0 unspecified atom stereocenters. The highest BCUT2D eigenvalue weighted by Gasteiger charge is 2.15. The van der Waals surface area contributed by atoms with Crippen molar-refractivity contribution in [3.8, 4) is 0 Å². The third kappa shape index (κ3) is 4.40. The average Bonchev–Trinajstić information content (AvgIpc) is 2.25. The lowest BCUT2D eigenvalue weighted by molar-refractivity contribution is -0.120. The van der Waals surface area contributed by atoms with Gasteiger partial charge in [0.25, 0.3) is 0 Å². The molecule has 3 N–H and O–H groups in total. The number of primary amides is 1. The number of nitrogens with two attached hydrogens (primary N) is 1. The molecule has 0 bridgehead atoms. The molecule has 88 valence electrons. The van der Waals surface area contributed by atoms with Crippen LogP contribution in [0.25, 0.3) is 0 Å². The van der Waals surface area contributed by atoms with Gasteiger partial charge in [0.15, 0.2) is 0 Å². The monoisotopic (exact) mass is 221 g/mol. The van der Waals surface area contributed by atoms with E-state index in [-0.39, 0.29) is 11.9 Å². The molecule has 4 heteroatoms. The molecular formula is C12H19N3O. The SMILES string of the molecule is CC(C)C[C@H](NCc1ccncc1)C(N)=O. The number of amides is 1. The summed E-state index contributed by atoms with van der Waals surface area (Å²) in [4.78, 5) is 15.1. The van der Waals surface area contributed by atoms with Crippen molar-refractivity contribution in [1.82, 2.24) is 10.3 Å². The third-order valence-electron chi connectivity index (χ3n) is 2.35. The molecule has 0 aliphatic carbocycles. The summed E-state index contributed by atoms with van der Waals surface area (Å²) < 4.78 is 0. The Balaban J connectivity index is 2.47. The van der Waals surface area contributed by atoms with Crippen molar-refractivity contribution >= 4 is 5.91 Å². The van der Waals surface area contributed by atoms with Crippen molar-refractivity contribution in [2.75, 3.05) is 0 Å². The zero-order valence-corrected chi connectivity index (χ0v) is 9.81. The molecule has 4 nitrogen and oxygen atoms in total. The second kappa shape index (κ2) is 6.23. The molecule has 1 aromatic heterocycles. The van der Waals surface area contributed by atoms with Crippen LogP contribution in [-0.4, -0.2) is 16.9 Å². The first-order valence-corrected chi connectivity index (χ1v) is 5.51. The maximum Gasteiger partial charge on any atom is 0.234 e. The maximum atomic E-state index is 11.2. The number of nitrogens with zero attached hydrogens (tertiary/aromatic N) is 1. The Labute approximate surface area is 96.3 Å². The van der Waals surface area contributed by atoms with E-state index in [1.165, 1.54) is 0 Å². The van der Waals surface area contributed by atoms with Gasteiger partial charge in [-0.2, -0.15) is 0 Å². The quantitative estimate of drug-likeness (QED) is 0.755. The van der Waals surface area contributed by atoms with Gasteiger partial charge in [-0.05, 0) is 30.0 Å². The van der Waals surface area contributed by atoms with Gasteiger partial charge in [-0.1, -0.05) is 13.8 Å². The molecule has 0 saturated heterocycles. The first-order chi connectivity index (χ1) is 7.59. The second-order valence-electron chi connectivity index (χ2n) is 4.32. The van der Waals surface area contributed by atoms with Gasteiger partial charge in [0, 0.05) is 18.9 Å². The molecular weight excluding hydrogens is 202 g/mol. The average molecular weight is 221 g/mol. The summed E-state index contributed by atoms with van der Waals surface area (Å²) in [5.74, 6) is 0.158. The number of carbonyl (C=O) groups is 1. The Morgan fingerprint density at radius 1 is 1.44 bits per heavy atom. The first-order valence-electron chi connectivity index (χ1n) is 5.51. The predicted molar refractivity (Wildman–Crippen MR) is 63.5 cm³/mol. The number of carbonyl (C=O) groups excluding carboxylic acids is 1. The third-order valence-corrected chi connectivity index (χ3v) is 2.35. The van der Waals surface area contributed by atoms with Crippen LogP contribution in [0.1, 0.15) is 25.8 Å². The van der Waals surface area contributed by atoms with E-state index in [0.717, 1.165) is 12.0 Å². The fraction of sp³-hybridized carbons (Fsp3) is 0.500. The van der Waals surface area contributed by atoms with E-state index in [4.69, 9.17) is 5.73 Å². The number of nitrogens with one attached hydrogen (secondary N) is 1.